The molecule has 3 heteroatoms. The molecule has 1 fully saturated rings. The van der Waals surface area contributed by atoms with Gasteiger partial charge in [0.1, 0.15) is 0 Å². The molecule has 1 aliphatic carbocycles. The van der Waals surface area contributed by atoms with Crippen LogP contribution in [0.3, 0.4) is 0 Å². The van der Waals surface area contributed by atoms with Gasteiger partial charge in [0.25, 0.3) is 0 Å². The van der Waals surface area contributed by atoms with E-state index in [9.17, 15) is 0 Å². The Balaban J connectivity index is 2.40. The van der Waals surface area contributed by atoms with Gasteiger partial charge in [0.15, 0.2) is 0 Å². The van der Waals surface area contributed by atoms with Crippen molar-refractivity contribution in [3.05, 3.63) is 0 Å². The standard InChI is InChI=1S/C11H23NO2/c1-3-12(7-8-13)10-5-4-6-11(9-10)14-2/h10-11,13H,3-9H2,1-2H3. The SMILES string of the molecule is CCN(CCO)C1CCCC(OC)C1. The van der Waals surface area contributed by atoms with E-state index >= 15 is 0 Å². The Morgan fingerprint density at radius 2 is 2.21 bits per heavy atom. The molecule has 84 valence electrons. The molecule has 0 amide bonds. The first kappa shape index (κ1) is 12.0. The van der Waals surface area contributed by atoms with Crippen LogP contribution in [-0.2, 0) is 4.74 Å². The largest absolute Gasteiger partial charge is 0.395 e. The van der Waals surface area contributed by atoms with Crippen LogP contribution in [0, 0.1) is 0 Å². The van der Waals surface area contributed by atoms with Crippen LogP contribution < -0.4 is 0 Å². The number of hydrogen-bond donors (Lipinski definition) is 1. The van der Waals surface area contributed by atoms with Crippen LogP contribution in [0.2, 0.25) is 0 Å². The Morgan fingerprint density at radius 3 is 2.79 bits per heavy atom. The maximum Gasteiger partial charge on any atom is 0.0586 e. The molecular weight excluding hydrogens is 178 g/mol. The molecule has 1 N–H and O–H groups in total. The van der Waals surface area contributed by atoms with Gasteiger partial charge in [0, 0.05) is 19.7 Å². The fourth-order valence-corrected chi connectivity index (χ4v) is 2.39. The first-order valence-corrected chi connectivity index (χ1v) is 5.69. The minimum atomic E-state index is 0.266. The van der Waals surface area contributed by atoms with E-state index in [0.717, 1.165) is 19.5 Å². The zero-order valence-electron chi connectivity index (χ0n) is 9.41. The summed E-state index contributed by atoms with van der Waals surface area (Å²) in [7, 11) is 1.80. The van der Waals surface area contributed by atoms with Gasteiger partial charge in [-0.2, -0.15) is 0 Å². The molecule has 2 atom stereocenters. The summed E-state index contributed by atoms with van der Waals surface area (Å²) >= 11 is 0. The minimum absolute atomic E-state index is 0.266. The molecule has 2 unspecified atom stereocenters. The number of likely N-dealkylation sites (N-methyl/N-ethyl adjacent to an activating group) is 1. The summed E-state index contributed by atoms with van der Waals surface area (Å²) in [6, 6.07) is 0.617. The Bertz CT molecular complexity index is 152. The maximum absolute atomic E-state index is 8.95. The van der Waals surface area contributed by atoms with Crippen molar-refractivity contribution in [3.63, 3.8) is 0 Å². The van der Waals surface area contributed by atoms with Crippen molar-refractivity contribution in [2.75, 3.05) is 26.8 Å². The molecule has 0 aromatic carbocycles. The van der Waals surface area contributed by atoms with Crippen molar-refractivity contribution in [1.82, 2.24) is 4.90 Å². The highest BCUT2D eigenvalue weighted by atomic mass is 16.5. The van der Waals surface area contributed by atoms with Crippen LogP contribution in [0.4, 0.5) is 0 Å². The van der Waals surface area contributed by atoms with Crippen LogP contribution in [0.15, 0.2) is 0 Å². The summed E-state index contributed by atoms with van der Waals surface area (Å²) in [5.41, 5.74) is 0. The van der Waals surface area contributed by atoms with Crippen LogP contribution in [-0.4, -0.2) is 49.0 Å². The third-order valence-electron chi connectivity index (χ3n) is 3.24. The fraction of sp³-hybridized carbons (Fsp3) is 1.00. The van der Waals surface area contributed by atoms with Crippen molar-refractivity contribution >= 4 is 0 Å². The van der Waals surface area contributed by atoms with Gasteiger partial charge in [-0.15, -0.1) is 0 Å². The second-order valence-electron chi connectivity index (χ2n) is 4.03. The predicted octanol–water partition coefficient (Wildman–Crippen LogP) is 1.26. The average Bonchev–Trinajstić information content (AvgIpc) is 2.26. The van der Waals surface area contributed by atoms with Gasteiger partial charge in [0.2, 0.25) is 0 Å². The van der Waals surface area contributed by atoms with E-state index in [1.54, 1.807) is 7.11 Å². The zero-order valence-corrected chi connectivity index (χ0v) is 9.41. The Kier molecular flexibility index (Phi) is 5.45. The van der Waals surface area contributed by atoms with Crippen LogP contribution >= 0.6 is 0 Å². The molecule has 0 aliphatic heterocycles. The molecule has 1 saturated carbocycles. The van der Waals surface area contributed by atoms with E-state index in [4.69, 9.17) is 9.84 Å². The van der Waals surface area contributed by atoms with Crippen molar-refractivity contribution in [2.45, 2.75) is 44.8 Å². The van der Waals surface area contributed by atoms with E-state index in [-0.39, 0.29) is 6.61 Å². The highest BCUT2D eigenvalue weighted by Gasteiger charge is 2.25. The lowest BCUT2D eigenvalue weighted by Crippen LogP contribution is -2.41. The second kappa shape index (κ2) is 6.38. The van der Waals surface area contributed by atoms with Crippen molar-refractivity contribution < 1.29 is 9.84 Å². The Hall–Kier alpha value is -0.120. The van der Waals surface area contributed by atoms with Crippen molar-refractivity contribution in [3.8, 4) is 0 Å². The molecule has 0 heterocycles. The van der Waals surface area contributed by atoms with Crippen molar-refractivity contribution in [1.29, 1.82) is 0 Å². The van der Waals surface area contributed by atoms with Gasteiger partial charge in [0.05, 0.1) is 12.7 Å². The lowest BCUT2D eigenvalue weighted by atomic mass is 9.91. The molecular formula is C11H23NO2. The lowest BCUT2D eigenvalue weighted by molar-refractivity contribution is 0.0250. The molecule has 0 bridgehead atoms. The monoisotopic (exact) mass is 201 g/mol. The minimum Gasteiger partial charge on any atom is -0.395 e. The quantitative estimate of drug-likeness (QED) is 0.727. The molecule has 14 heavy (non-hydrogen) atoms. The molecule has 3 nitrogen and oxygen atoms in total. The van der Waals surface area contributed by atoms with E-state index in [1.807, 2.05) is 0 Å². The second-order valence-corrected chi connectivity index (χ2v) is 4.03. The number of hydrogen-bond acceptors (Lipinski definition) is 3. The Labute approximate surface area is 87.1 Å². The van der Waals surface area contributed by atoms with Gasteiger partial charge >= 0.3 is 0 Å². The number of ether oxygens (including phenoxy) is 1. The first-order valence-electron chi connectivity index (χ1n) is 5.69. The number of aliphatic hydroxyl groups is 1. The Morgan fingerprint density at radius 1 is 1.43 bits per heavy atom. The maximum atomic E-state index is 8.95. The summed E-state index contributed by atoms with van der Waals surface area (Å²) in [6.45, 7) is 4.26. The van der Waals surface area contributed by atoms with E-state index in [2.05, 4.69) is 11.8 Å². The van der Waals surface area contributed by atoms with Gasteiger partial charge < -0.3 is 9.84 Å². The molecule has 0 radical (unpaired) electrons. The molecule has 1 rings (SSSR count). The number of nitrogens with zero attached hydrogens (tertiary/aromatic N) is 1. The topological polar surface area (TPSA) is 32.7 Å². The van der Waals surface area contributed by atoms with E-state index in [1.165, 1.54) is 19.3 Å². The first-order chi connectivity index (χ1) is 6.81. The highest BCUT2D eigenvalue weighted by Crippen LogP contribution is 2.24. The normalized spacial score (nSPS) is 28.3. The molecule has 0 aromatic rings. The summed E-state index contributed by atoms with van der Waals surface area (Å²) in [5.74, 6) is 0. The third kappa shape index (κ3) is 3.23. The summed E-state index contributed by atoms with van der Waals surface area (Å²) in [4.78, 5) is 2.37. The average molecular weight is 201 g/mol. The molecule has 0 aromatic heterocycles. The molecule has 1 aliphatic rings. The fourth-order valence-electron chi connectivity index (χ4n) is 2.39. The van der Waals surface area contributed by atoms with Gasteiger partial charge in [-0.25, -0.2) is 0 Å². The number of aliphatic hydroxyl groups excluding tert-OH is 1. The van der Waals surface area contributed by atoms with Crippen LogP contribution in [0.1, 0.15) is 32.6 Å². The van der Waals surface area contributed by atoms with Crippen LogP contribution in [0.5, 0.6) is 0 Å². The molecule has 0 spiro atoms. The predicted molar refractivity (Wildman–Crippen MR) is 57.4 cm³/mol. The lowest BCUT2D eigenvalue weighted by Gasteiger charge is -2.36. The smallest absolute Gasteiger partial charge is 0.0586 e. The summed E-state index contributed by atoms with van der Waals surface area (Å²) in [5, 5.41) is 8.95. The molecule has 0 saturated heterocycles. The van der Waals surface area contributed by atoms with Gasteiger partial charge in [-0.1, -0.05) is 6.92 Å². The summed E-state index contributed by atoms with van der Waals surface area (Å²) < 4.78 is 5.41. The number of rotatable bonds is 5. The van der Waals surface area contributed by atoms with Gasteiger partial charge in [-0.05, 0) is 32.2 Å². The summed E-state index contributed by atoms with van der Waals surface area (Å²) in [6.07, 6.45) is 5.27. The van der Waals surface area contributed by atoms with E-state index in [0.29, 0.717) is 12.1 Å². The van der Waals surface area contributed by atoms with Crippen LogP contribution in [0.25, 0.3) is 0 Å². The third-order valence-corrected chi connectivity index (χ3v) is 3.24. The van der Waals surface area contributed by atoms with Crippen molar-refractivity contribution in [2.24, 2.45) is 0 Å². The highest BCUT2D eigenvalue weighted by molar-refractivity contribution is 4.80. The number of methoxy groups -OCH3 is 1. The van der Waals surface area contributed by atoms with E-state index < -0.39 is 0 Å². The zero-order chi connectivity index (χ0) is 10.4. The van der Waals surface area contributed by atoms with Gasteiger partial charge in [-0.3, -0.25) is 4.90 Å².